The van der Waals surface area contributed by atoms with Crippen LogP contribution in [-0.4, -0.2) is 40.0 Å². The molecule has 0 unspecified atom stereocenters. The van der Waals surface area contributed by atoms with E-state index in [1.807, 2.05) is 13.8 Å². The quantitative estimate of drug-likeness (QED) is 0.488. The highest BCUT2D eigenvalue weighted by Gasteiger charge is 2.38. The molecule has 0 aromatic carbocycles. The zero-order valence-corrected chi connectivity index (χ0v) is 21.0. The lowest BCUT2D eigenvalue weighted by Crippen LogP contribution is -2.61. The summed E-state index contributed by atoms with van der Waals surface area (Å²) in [6, 6.07) is 0.727. The predicted octanol–water partition coefficient (Wildman–Crippen LogP) is 4.16. The van der Waals surface area contributed by atoms with Crippen LogP contribution in [0.25, 0.3) is 0 Å². The predicted molar refractivity (Wildman–Crippen MR) is 127 cm³/mol. The first-order chi connectivity index (χ1) is 13.5. The third kappa shape index (κ3) is 8.07. The fraction of sp³-hybridized carbons (Fsp3) is 0.800. The molecule has 0 amide bonds. The van der Waals surface area contributed by atoms with E-state index < -0.39 is 0 Å². The van der Waals surface area contributed by atoms with Crippen molar-refractivity contribution in [2.75, 3.05) is 0 Å². The highest BCUT2D eigenvalue weighted by atomic mass is 16.1. The van der Waals surface area contributed by atoms with Gasteiger partial charge in [-0.05, 0) is 94.9 Å². The van der Waals surface area contributed by atoms with Gasteiger partial charge >= 0.3 is 0 Å². The van der Waals surface area contributed by atoms with Crippen molar-refractivity contribution < 1.29 is 4.79 Å². The number of allylic oxidation sites excluding steroid dienone is 4. The summed E-state index contributed by atoms with van der Waals surface area (Å²) in [6.45, 7) is 21.9. The van der Waals surface area contributed by atoms with E-state index in [1.165, 1.54) is 0 Å². The summed E-state index contributed by atoms with van der Waals surface area (Å²) in [4.78, 5) is 12.6. The molecule has 2 fully saturated rings. The van der Waals surface area contributed by atoms with Crippen molar-refractivity contribution in [3.63, 3.8) is 0 Å². The molecule has 0 aromatic heterocycles. The summed E-state index contributed by atoms with van der Waals surface area (Å²) in [7, 11) is 0. The SMILES string of the molecule is C/C(=C\C(=O)/C=C(\C)NC1CC(C)(C)NC(C)(C)C1)NC1CC(C)(C)NC(C)(C)C1. The molecular weight excluding hydrogens is 372 g/mol. The highest BCUT2D eigenvalue weighted by molar-refractivity contribution is 5.99. The van der Waals surface area contributed by atoms with Gasteiger partial charge in [0.1, 0.15) is 0 Å². The summed E-state index contributed by atoms with van der Waals surface area (Å²) in [6.07, 6.45) is 7.59. The van der Waals surface area contributed by atoms with Crippen LogP contribution in [0.15, 0.2) is 23.5 Å². The van der Waals surface area contributed by atoms with Crippen molar-refractivity contribution in [3.8, 4) is 0 Å². The van der Waals surface area contributed by atoms with Gasteiger partial charge in [-0.3, -0.25) is 4.79 Å². The Bertz CT molecular complexity index is 610. The van der Waals surface area contributed by atoms with E-state index in [4.69, 9.17) is 0 Å². The number of hydrogen-bond donors (Lipinski definition) is 4. The smallest absolute Gasteiger partial charge is 0.182 e. The van der Waals surface area contributed by atoms with E-state index in [1.54, 1.807) is 12.2 Å². The van der Waals surface area contributed by atoms with Crippen LogP contribution in [0.1, 0.15) is 94.9 Å². The molecule has 0 bridgehead atoms. The Hall–Kier alpha value is -1.33. The van der Waals surface area contributed by atoms with Gasteiger partial charge in [-0.25, -0.2) is 0 Å². The second-order valence-electron chi connectivity index (χ2n) is 12.3. The van der Waals surface area contributed by atoms with Gasteiger partial charge in [-0.1, -0.05) is 0 Å². The first kappa shape index (κ1) is 24.9. The number of ketones is 1. The Kier molecular flexibility index (Phi) is 7.20. The van der Waals surface area contributed by atoms with Gasteiger partial charge < -0.3 is 21.3 Å². The Morgan fingerprint density at radius 2 is 0.933 bits per heavy atom. The Morgan fingerprint density at radius 1 is 0.667 bits per heavy atom. The number of hydrogen-bond acceptors (Lipinski definition) is 5. The zero-order valence-electron chi connectivity index (χ0n) is 21.0. The molecule has 2 heterocycles. The minimum Gasteiger partial charge on any atom is -0.386 e. The number of piperidine rings is 2. The molecule has 2 saturated heterocycles. The van der Waals surface area contributed by atoms with Crippen molar-refractivity contribution in [1.29, 1.82) is 0 Å². The van der Waals surface area contributed by atoms with Gasteiger partial charge in [0.15, 0.2) is 5.78 Å². The van der Waals surface area contributed by atoms with Crippen molar-refractivity contribution >= 4 is 5.78 Å². The fourth-order valence-electron chi connectivity index (χ4n) is 6.04. The third-order valence-corrected chi connectivity index (χ3v) is 5.96. The molecule has 30 heavy (non-hydrogen) atoms. The molecule has 0 radical (unpaired) electrons. The highest BCUT2D eigenvalue weighted by Crippen LogP contribution is 2.30. The Balaban J connectivity index is 1.95. The monoisotopic (exact) mass is 418 g/mol. The number of rotatable bonds is 6. The van der Waals surface area contributed by atoms with Crippen LogP contribution in [-0.2, 0) is 4.79 Å². The van der Waals surface area contributed by atoms with Crippen LogP contribution < -0.4 is 21.3 Å². The van der Waals surface area contributed by atoms with Crippen LogP contribution in [0, 0.1) is 0 Å². The van der Waals surface area contributed by atoms with Crippen molar-refractivity contribution in [2.45, 2.75) is 129 Å². The second kappa shape index (κ2) is 8.66. The van der Waals surface area contributed by atoms with Gasteiger partial charge in [-0.2, -0.15) is 0 Å². The lowest BCUT2D eigenvalue weighted by atomic mass is 9.79. The molecule has 5 heteroatoms. The molecule has 2 rings (SSSR count). The number of carbonyl (C=O) groups excluding carboxylic acids is 1. The summed E-state index contributed by atoms with van der Waals surface area (Å²) in [5, 5.41) is 14.6. The van der Waals surface area contributed by atoms with E-state index >= 15 is 0 Å². The molecule has 0 saturated carbocycles. The molecule has 0 spiro atoms. The van der Waals surface area contributed by atoms with Crippen molar-refractivity contribution in [2.24, 2.45) is 0 Å². The average Bonchev–Trinajstić information content (AvgIpc) is 2.38. The minimum absolute atomic E-state index is 0.0323. The number of carbonyl (C=O) groups is 1. The van der Waals surface area contributed by atoms with Crippen LogP contribution >= 0.6 is 0 Å². The maximum absolute atomic E-state index is 12.6. The van der Waals surface area contributed by atoms with Gasteiger partial charge in [0.25, 0.3) is 0 Å². The van der Waals surface area contributed by atoms with Gasteiger partial charge in [-0.15, -0.1) is 0 Å². The molecule has 0 atom stereocenters. The van der Waals surface area contributed by atoms with Crippen molar-refractivity contribution in [3.05, 3.63) is 23.5 Å². The first-order valence-electron chi connectivity index (χ1n) is 11.5. The van der Waals surface area contributed by atoms with Crippen molar-refractivity contribution in [1.82, 2.24) is 21.3 Å². The largest absolute Gasteiger partial charge is 0.386 e. The van der Waals surface area contributed by atoms with Crippen LogP contribution in [0.3, 0.4) is 0 Å². The van der Waals surface area contributed by atoms with E-state index in [9.17, 15) is 4.79 Å². The standard InChI is InChI=1S/C25H46N4O/c1-17(26-19-13-22(3,4)28-23(5,6)14-19)11-21(30)12-18(2)27-20-15-24(7,8)29-25(9,10)16-20/h11-12,19-20,26-29H,13-16H2,1-10H3/b17-11+,18-12+. The normalized spacial score (nSPS) is 26.9. The molecule has 172 valence electrons. The van der Waals surface area contributed by atoms with E-state index in [2.05, 4.69) is 76.7 Å². The zero-order chi connectivity index (χ0) is 23.0. The van der Waals surface area contributed by atoms with Crippen LogP contribution in [0.5, 0.6) is 0 Å². The maximum atomic E-state index is 12.6. The summed E-state index contributed by atoms with van der Waals surface area (Å²) in [5.74, 6) is 0.0323. The summed E-state index contributed by atoms with van der Waals surface area (Å²) >= 11 is 0. The number of nitrogens with one attached hydrogen (secondary N) is 4. The van der Waals surface area contributed by atoms with E-state index in [-0.39, 0.29) is 27.9 Å². The lowest BCUT2D eigenvalue weighted by Gasteiger charge is -2.47. The first-order valence-corrected chi connectivity index (χ1v) is 11.5. The van der Waals surface area contributed by atoms with E-state index in [0.717, 1.165) is 37.1 Å². The lowest BCUT2D eigenvalue weighted by molar-refractivity contribution is -0.110. The molecule has 5 nitrogen and oxygen atoms in total. The fourth-order valence-corrected chi connectivity index (χ4v) is 6.04. The molecular formula is C25H46N4O. The Morgan fingerprint density at radius 3 is 1.20 bits per heavy atom. The molecule has 4 N–H and O–H groups in total. The maximum Gasteiger partial charge on any atom is 0.182 e. The third-order valence-electron chi connectivity index (χ3n) is 5.96. The van der Waals surface area contributed by atoms with Crippen LogP contribution in [0.4, 0.5) is 0 Å². The van der Waals surface area contributed by atoms with Gasteiger partial charge in [0, 0.05) is 57.8 Å². The minimum atomic E-state index is 0.0323. The Labute approximate surface area is 184 Å². The van der Waals surface area contributed by atoms with Gasteiger partial charge in [0.05, 0.1) is 0 Å². The molecule has 2 aliphatic rings. The molecule has 2 aliphatic heterocycles. The average molecular weight is 419 g/mol. The van der Waals surface area contributed by atoms with E-state index in [0.29, 0.717) is 12.1 Å². The molecule has 0 aliphatic carbocycles. The molecule has 0 aromatic rings. The summed E-state index contributed by atoms with van der Waals surface area (Å²) in [5.41, 5.74) is 2.21. The second-order valence-corrected chi connectivity index (χ2v) is 12.3. The van der Waals surface area contributed by atoms with Gasteiger partial charge in [0.2, 0.25) is 0 Å². The summed E-state index contributed by atoms with van der Waals surface area (Å²) < 4.78 is 0. The topological polar surface area (TPSA) is 65.2 Å². The van der Waals surface area contributed by atoms with Crippen LogP contribution in [0.2, 0.25) is 0 Å².